The molecule has 0 radical (unpaired) electrons. The number of fused-ring (bicyclic) bond motifs is 1. The highest BCUT2D eigenvalue weighted by Crippen LogP contribution is 2.32. The van der Waals surface area contributed by atoms with Crippen LogP contribution in [0.15, 0.2) is 132 Å². The van der Waals surface area contributed by atoms with Crippen LogP contribution in [-0.2, 0) is 13.1 Å². The molecule has 0 spiro atoms. The number of hydrogen-bond acceptors (Lipinski definition) is 2. The Morgan fingerprint density at radius 2 is 1.50 bits per heavy atom. The largest absolute Gasteiger partial charge is 0.510 e. The minimum absolute atomic E-state index is 0.0220. The first-order chi connectivity index (χ1) is 18.7. The minimum Gasteiger partial charge on any atom is -0.510 e. The Hall–Kier alpha value is -4.57. The molecule has 4 heteroatoms. The van der Waals surface area contributed by atoms with E-state index in [1.165, 1.54) is 11.1 Å². The maximum atomic E-state index is 12.8. The minimum atomic E-state index is -0.0220. The van der Waals surface area contributed by atoms with E-state index in [1.807, 2.05) is 42.7 Å². The summed E-state index contributed by atoms with van der Waals surface area (Å²) in [6.45, 7) is 0.991. The molecule has 0 amide bonds. The Bertz CT molecular complexity index is 1650. The molecular formula is C34H30N2O2. The van der Waals surface area contributed by atoms with Crippen molar-refractivity contribution in [1.82, 2.24) is 9.13 Å². The van der Waals surface area contributed by atoms with Gasteiger partial charge in [-0.2, -0.15) is 0 Å². The van der Waals surface area contributed by atoms with Crippen LogP contribution in [0.4, 0.5) is 0 Å². The number of aromatic nitrogens is 2. The van der Waals surface area contributed by atoms with E-state index in [4.69, 9.17) is 0 Å². The van der Waals surface area contributed by atoms with Crippen LogP contribution in [0.3, 0.4) is 0 Å². The lowest BCUT2D eigenvalue weighted by molar-refractivity contribution is 0.375. The number of benzene rings is 3. The molecule has 0 unspecified atom stereocenters. The van der Waals surface area contributed by atoms with Crippen LogP contribution < -0.4 is 5.56 Å². The average Bonchev–Trinajstić information content (AvgIpc) is 3.73. The van der Waals surface area contributed by atoms with Gasteiger partial charge < -0.3 is 14.2 Å². The molecule has 4 nitrogen and oxygen atoms in total. The zero-order valence-corrected chi connectivity index (χ0v) is 21.2. The quantitative estimate of drug-likeness (QED) is 0.228. The van der Waals surface area contributed by atoms with Gasteiger partial charge in [0.15, 0.2) is 0 Å². The molecule has 0 bridgehead atoms. The van der Waals surface area contributed by atoms with Crippen molar-refractivity contribution in [2.75, 3.05) is 0 Å². The molecule has 2 heterocycles. The monoisotopic (exact) mass is 498 g/mol. The van der Waals surface area contributed by atoms with Crippen molar-refractivity contribution in [2.24, 2.45) is 0 Å². The molecule has 188 valence electrons. The first-order valence-electron chi connectivity index (χ1n) is 13.1. The SMILES string of the molecule is O=c1ccc(C(c2ccccc2)c2ccccc2)cn1C/C=C/c1cccc2c1ccn2CC(O)=C1CC1. The smallest absolute Gasteiger partial charge is 0.250 e. The first kappa shape index (κ1) is 23.8. The molecule has 0 saturated heterocycles. The van der Waals surface area contributed by atoms with Crippen molar-refractivity contribution in [3.63, 3.8) is 0 Å². The Morgan fingerprint density at radius 1 is 0.789 bits per heavy atom. The third-order valence-corrected chi connectivity index (χ3v) is 7.28. The van der Waals surface area contributed by atoms with Gasteiger partial charge in [0.25, 0.3) is 5.56 Å². The van der Waals surface area contributed by atoms with E-state index in [0.717, 1.165) is 40.4 Å². The van der Waals surface area contributed by atoms with Crippen LogP contribution >= 0.6 is 0 Å². The highest BCUT2D eigenvalue weighted by atomic mass is 16.3. The molecule has 5 aromatic rings. The van der Waals surface area contributed by atoms with Gasteiger partial charge in [-0.1, -0.05) is 91.0 Å². The highest BCUT2D eigenvalue weighted by molar-refractivity contribution is 5.89. The number of allylic oxidation sites excluding steroid dienone is 3. The summed E-state index contributed by atoms with van der Waals surface area (Å²) >= 11 is 0. The van der Waals surface area contributed by atoms with Crippen molar-refractivity contribution in [3.8, 4) is 0 Å². The molecule has 2 aromatic heterocycles. The molecule has 1 N–H and O–H groups in total. The van der Waals surface area contributed by atoms with Crippen molar-refractivity contribution in [2.45, 2.75) is 31.8 Å². The predicted molar refractivity (Wildman–Crippen MR) is 154 cm³/mol. The van der Waals surface area contributed by atoms with E-state index in [0.29, 0.717) is 18.8 Å². The lowest BCUT2D eigenvalue weighted by Gasteiger charge is -2.19. The van der Waals surface area contributed by atoms with E-state index in [-0.39, 0.29) is 11.5 Å². The standard InChI is InChI=1S/C34H30N2O2/c37-32(26-16-17-26)24-35-22-20-30-25(13-7-15-31(30)35)14-8-21-36-23-29(18-19-33(36)38)34(27-9-3-1-4-10-27)28-11-5-2-6-12-28/h1-15,18-20,22-23,34,37H,16-17,21,24H2/b14-8+. The van der Waals surface area contributed by atoms with Crippen LogP contribution in [0.2, 0.25) is 0 Å². The van der Waals surface area contributed by atoms with Gasteiger partial charge >= 0.3 is 0 Å². The second kappa shape index (κ2) is 10.4. The number of hydrogen-bond donors (Lipinski definition) is 1. The number of aliphatic hydroxyl groups excluding tert-OH is 1. The van der Waals surface area contributed by atoms with Gasteiger partial charge in [-0.3, -0.25) is 4.79 Å². The second-order valence-electron chi connectivity index (χ2n) is 9.88. The average molecular weight is 499 g/mol. The van der Waals surface area contributed by atoms with E-state index in [9.17, 15) is 9.90 Å². The van der Waals surface area contributed by atoms with Gasteiger partial charge in [0.1, 0.15) is 5.76 Å². The topological polar surface area (TPSA) is 47.2 Å². The third kappa shape index (κ3) is 4.98. The summed E-state index contributed by atoms with van der Waals surface area (Å²) in [4.78, 5) is 12.8. The van der Waals surface area contributed by atoms with Gasteiger partial charge in [0, 0.05) is 41.8 Å². The lowest BCUT2D eigenvalue weighted by atomic mass is 9.86. The summed E-state index contributed by atoms with van der Waals surface area (Å²) in [6.07, 6.45) is 10.2. The summed E-state index contributed by atoms with van der Waals surface area (Å²) in [6, 6.07) is 32.8. The van der Waals surface area contributed by atoms with Crippen LogP contribution in [0.5, 0.6) is 0 Å². The summed E-state index contributed by atoms with van der Waals surface area (Å²) in [5.74, 6) is 0.538. The first-order valence-corrected chi connectivity index (χ1v) is 13.1. The molecule has 1 fully saturated rings. The molecule has 3 aromatic carbocycles. The van der Waals surface area contributed by atoms with Gasteiger partial charge in [-0.15, -0.1) is 0 Å². The van der Waals surface area contributed by atoms with Crippen LogP contribution in [0.1, 0.15) is 41.0 Å². The fourth-order valence-electron chi connectivity index (χ4n) is 5.18. The molecule has 0 aliphatic heterocycles. The molecule has 0 atom stereocenters. The highest BCUT2D eigenvalue weighted by Gasteiger charge is 2.18. The van der Waals surface area contributed by atoms with Gasteiger partial charge in [-0.25, -0.2) is 0 Å². The Labute approximate surface area is 222 Å². The molecule has 1 aliphatic carbocycles. The molecule has 1 saturated carbocycles. The van der Waals surface area contributed by atoms with Crippen molar-refractivity contribution in [1.29, 1.82) is 0 Å². The number of aliphatic hydroxyl groups is 1. The van der Waals surface area contributed by atoms with E-state index < -0.39 is 0 Å². The van der Waals surface area contributed by atoms with Crippen LogP contribution in [-0.4, -0.2) is 14.2 Å². The summed E-state index contributed by atoms with van der Waals surface area (Å²) in [7, 11) is 0. The van der Waals surface area contributed by atoms with E-state index in [2.05, 4.69) is 77.4 Å². The fraction of sp³-hybridized carbons (Fsp3) is 0.147. The Morgan fingerprint density at radius 3 is 2.18 bits per heavy atom. The number of nitrogens with zero attached hydrogens (tertiary/aromatic N) is 2. The second-order valence-corrected chi connectivity index (χ2v) is 9.88. The third-order valence-electron chi connectivity index (χ3n) is 7.28. The van der Waals surface area contributed by atoms with Crippen LogP contribution in [0, 0.1) is 0 Å². The molecule has 38 heavy (non-hydrogen) atoms. The van der Waals surface area contributed by atoms with Gasteiger partial charge in [0.05, 0.1) is 6.54 Å². The van der Waals surface area contributed by atoms with Crippen LogP contribution in [0.25, 0.3) is 17.0 Å². The number of rotatable bonds is 8. The van der Waals surface area contributed by atoms with E-state index >= 15 is 0 Å². The van der Waals surface area contributed by atoms with Crippen molar-refractivity contribution < 1.29 is 5.11 Å². The number of pyridine rings is 1. The molecular weight excluding hydrogens is 468 g/mol. The van der Waals surface area contributed by atoms with Crippen molar-refractivity contribution >= 4 is 17.0 Å². The maximum absolute atomic E-state index is 12.8. The Balaban J connectivity index is 1.28. The normalized spacial score (nSPS) is 13.0. The summed E-state index contributed by atoms with van der Waals surface area (Å²) in [5, 5.41) is 11.4. The summed E-state index contributed by atoms with van der Waals surface area (Å²) in [5.41, 5.74) is 6.80. The summed E-state index contributed by atoms with van der Waals surface area (Å²) < 4.78 is 3.87. The van der Waals surface area contributed by atoms with E-state index in [1.54, 1.807) is 10.6 Å². The Kier molecular flexibility index (Phi) is 6.53. The predicted octanol–water partition coefficient (Wildman–Crippen LogP) is 7.30. The van der Waals surface area contributed by atoms with Gasteiger partial charge in [0.2, 0.25) is 0 Å². The zero-order valence-electron chi connectivity index (χ0n) is 21.2. The zero-order chi connectivity index (χ0) is 25.9. The van der Waals surface area contributed by atoms with Crippen molar-refractivity contribution in [3.05, 3.63) is 159 Å². The molecule has 6 rings (SSSR count). The van der Waals surface area contributed by atoms with Gasteiger partial charge in [-0.05, 0) is 52.8 Å². The molecule has 1 aliphatic rings. The lowest BCUT2D eigenvalue weighted by Crippen LogP contribution is -2.19. The maximum Gasteiger partial charge on any atom is 0.250 e. The fourth-order valence-corrected chi connectivity index (χ4v) is 5.18.